The molecule has 0 radical (unpaired) electrons. The van der Waals surface area contributed by atoms with Gasteiger partial charge in [-0.15, -0.1) is 12.4 Å². The molecule has 1 N–H and O–H groups in total. The zero-order valence-electron chi connectivity index (χ0n) is 11.0. The van der Waals surface area contributed by atoms with Crippen LogP contribution in [0.3, 0.4) is 0 Å². The van der Waals surface area contributed by atoms with E-state index in [-0.39, 0.29) is 12.4 Å². The van der Waals surface area contributed by atoms with Crippen molar-refractivity contribution >= 4 is 28.3 Å². The van der Waals surface area contributed by atoms with Crippen molar-refractivity contribution in [1.82, 2.24) is 10.2 Å². The summed E-state index contributed by atoms with van der Waals surface area (Å²) in [6, 6.07) is 9.24. The first-order chi connectivity index (χ1) is 8.20. The summed E-state index contributed by atoms with van der Waals surface area (Å²) in [5, 5.41) is 3.28. The highest BCUT2D eigenvalue weighted by atomic mass is 79.9. The van der Waals surface area contributed by atoms with Crippen molar-refractivity contribution in [1.29, 1.82) is 0 Å². The fourth-order valence-corrected chi connectivity index (χ4v) is 2.89. The lowest BCUT2D eigenvalue weighted by molar-refractivity contribution is 0.252. The number of likely N-dealkylation sites (tertiary alicyclic amines) is 1. The summed E-state index contributed by atoms with van der Waals surface area (Å²) < 4.78 is 1.16. The van der Waals surface area contributed by atoms with Crippen molar-refractivity contribution in [3.05, 3.63) is 34.3 Å². The number of benzene rings is 1. The number of nitrogens with zero attached hydrogens (tertiary/aromatic N) is 1. The summed E-state index contributed by atoms with van der Waals surface area (Å²) in [5.41, 5.74) is 1.42. The van der Waals surface area contributed by atoms with E-state index in [1.54, 1.807) is 0 Å². The fraction of sp³-hybridized carbons (Fsp3) is 0.571. The van der Waals surface area contributed by atoms with Gasteiger partial charge in [-0.1, -0.05) is 28.1 Å². The first-order valence-corrected chi connectivity index (χ1v) is 7.14. The topological polar surface area (TPSA) is 15.3 Å². The van der Waals surface area contributed by atoms with Crippen molar-refractivity contribution in [2.45, 2.75) is 19.4 Å². The Morgan fingerprint density at radius 1 is 1.39 bits per heavy atom. The van der Waals surface area contributed by atoms with E-state index in [0.29, 0.717) is 6.04 Å². The molecule has 0 aromatic heterocycles. The fourth-order valence-electron chi connectivity index (χ4n) is 2.62. The van der Waals surface area contributed by atoms with Crippen LogP contribution in [0.4, 0.5) is 0 Å². The van der Waals surface area contributed by atoms with E-state index in [4.69, 9.17) is 0 Å². The molecule has 4 heteroatoms. The minimum Gasteiger partial charge on any atom is -0.319 e. The summed E-state index contributed by atoms with van der Waals surface area (Å²) in [7, 11) is 2.04. The van der Waals surface area contributed by atoms with Gasteiger partial charge in [-0.05, 0) is 57.1 Å². The van der Waals surface area contributed by atoms with E-state index in [2.05, 4.69) is 57.3 Å². The molecule has 2 atom stereocenters. The maximum Gasteiger partial charge on any atom is 0.0320 e. The number of hydrogen-bond acceptors (Lipinski definition) is 2. The van der Waals surface area contributed by atoms with Crippen LogP contribution >= 0.6 is 28.3 Å². The molecular formula is C14H22BrClN2. The maximum absolute atomic E-state index is 3.49. The predicted molar refractivity (Wildman–Crippen MR) is 83.4 cm³/mol. The van der Waals surface area contributed by atoms with E-state index in [1.165, 1.54) is 25.1 Å². The summed E-state index contributed by atoms with van der Waals surface area (Å²) >= 11 is 3.49. The summed E-state index contributed by atoms with van der Waals surface area (Å²) in [4.78, 5) is 2.59. The highest BCUT2D eigenvalue weighted by Crippen LogP contribution is 2.27. The normalized spacial score (nSPS) is 21.6. The van der Waals surface area contributed by atoms with Gasteiger partial charge in [0, 0.05) is 17.1 Å². The van der Waals surface area contributed by atoms with Crippen LogP contribution in [-0.2, 0) is 0 Å². The highest BCUT2D eigenvalue weighted by Gasteiger charge is 2.25. The first kappa shape index (κ1) is 16.0. The Morgan fingerprint density at radius 2 is 2.06 bits per heavy atom. The summed E-state index contributed by atoms with van der Waals surface area (Å²) in [6.45, 7) is 5.90. The molecule has 1 aromatic rings. The third kappa shape index (κ3) is 3.95. The van der Waals surface area contributed by atoms with Crippen LogP contribution in [0.15, 0.2) is 28.7 Å². The van der Waals surface area contributed by atoms with Gasteiger partial charge in [0.05, 0.1) is 0 Å². The Morgan fingerprint density at radius 3 is 2.67 bits per heavy atom. The van der Waals surface area contributed by atoms with Crippen molar-refractivity contribution in [3.63, 3.8) is 0 Å². The lowest BCUT2D eigenvalue weighted by atomic mass is 10.1. The van der Waals surface area contributed by atoms with Gasteiger partial charge in [0.15, 0.2) is 0 Å². The number of nitrogens with one attached hydrogen (secondary N) is 1. The Balaban J connectivity index is 0.00000162. The van der Waals surface area contributed by atoms with Crippen LogP contribution in [0.25, 0.3) is 0 Å². The van der Waals surface area contributed by atoms with Crippen LogP contribution in [0.1, 0.15) is 24.9 Å². The lowest BCUT2D eigenvalue weighted by Crippen LogP contribution is -2.27. The monoisotopic (exact) mass is 332 g/mol. The minimum atomic E-state index is 0. The molecule has 102 valence electrons. The molecular weight excluding hydrogens is 312 g/mol. The third-order valence-electron chi connectivity index (χ3n) is 3.71. The van der Waals surface area contributed by atoms with Crippen molar-refractivity contribution in [3.8, 4) is 0 Å². The van der Waals surface area contributed by atoms with Crippen LogP contribution in [0.5, 0.6) is 0 Å². The van der Waals surface area contributed by atoms with Gasteiger partial charge in [-0.2, -0.15) is 0 Å². The molecule has 0 amide bonds. The number of hydrogen-bond donors (Lipinski definition) is 1. The molecule has 2 unspecified atom stereocenters. The smallest absolute Gasteiger partial charge is 0.0320 e. The molecule has 18 heavy (non-hydrogen) atoms. The first-order valence-electron chi connectivity index (χ1n) is 6.35. The Kier molecular flexibility index (Phi) is 6.64. The van der Waals surface area contributed by atoms with Crippen LogP contribution in [0.2, 0.25) is 0 Å². The van der Waals surface area contributed by atoms with Crippen molar-refractivity contribution in [2.75, 3.05) is 26.7 Å². The van der Waals surface area contributed by atoms with Crippen molar-refractivity contribution in [2.24, 2.45) is 5.92 Å². The molecule has 0 saturated carbocycles. The second-order valence-electron chi connectivity index (χ2n) is 4.93. The van der Waals surface area contributed by atoms with Gasteiger partial charge in [0.2, 0.25) is 0 Å². The molecule has 2 nitrogen and oxygen atoms in total. The predicted octanol–water partition coefficient (Wildman–Crippen LogP) is 3.47. The van der Waals surface area contributed by atoms with E-state index >= 15 is 0 Å². The van der Waals surface area contributed by atoms with E-state index in [0.717, 1.165) is 16.9 Å². The van der Waals surface area contributed by atoms with Crippen LogP contribution in [0, 0.1) is 5.92 Å². The largest absolute Gasteiger partial charge is 0.319 e. The van der Waals surface area contributed by atoms with Gasteiger partial charge in [-0.25, -0.2) is 0 Å². The quantitative estimate of drug-likeness (QED) is 0.907. The molecule has 1 heterocycles. The molecule has 1 aliphatic rings. The molecule has 0 spiro atoms. The molecule has 0 aliphatic carbocycles. The van der Waals surface area contributed by atoms with E-state index < -0.39 is 0 Å². The molecule has 2 rings (SSSR count). The van der Waals surface area contributed by atoms with Crippen molar-refractivity contribution < 1.29 is 0 Å². The Labute approximate surface area is 125 Å². The molecule has 1 fully saturated rings. The Hall–Kier alpha value is -0.0900. The van der Waals surface area contributed by atoms with Gasteiger partial charge in [0.25, 0.3) is 0 Å². The average Bonchev–Trinajstić information content (AvgIpc) is 2.78. The zero-order valence-corrected chi connectivity index (χ0v) is 13.4. The van der Waals surface area contributed by atoms with Gasteiger partial charge in [-0.3, -0.25) is 4.90 Å². The average molecular weight is 334 g/mol. The van der Waals surface area contributed by atoms with Gasteiger partial charge >= 0.3 is 0 Å². The number of halogens is 2. The van der Waals surface area contributed by atoms with Crippen LogP contribution < -0.4 is 5.32 Å². The minimum absolute atomic E-state index is 0. The Bertz CT molecular complexity index is 355. The third-order valence-corrected chi connectivity index (χ3v) is 4.24. The van der Waals surface area contributed by atoms with Crippen LogP contribution in [-0.4, -0.2) is 31.6 Å². The molecule has 1 aromatic carbocycles. The highest BCUT2D eigenvalue weighted by molar-refractivity contribution is 9.10. The number of rotatable bonds is 4. The maximum atomic E-state index is 3.49. The second-order valence-corrected chi connectivity index (χ2v) is 5.85. The second kappa shape index (κ2) is 7.49. The summed E-state index contributed by atoms with van der Waals surface area (Å²) in [5.74, 6) is 0.817. The van der Waals surface area contributed by atoms with Gasteiger partial charge in [0.1, 0.15) is 0 Å². The molecule has 0 bridgehead atoms. The molecule has 1 saturated heterocycles. The van der Waals surface area contributed by atoms with E-state index in [1.807, 2.05) is 7.05 Å². The summed E-state index contributed by atoms with van der Waals surface area (Å²) in [6.07, 6.45) is 1.32. The zero-order chi connectivity index (χ0) is 12.3. The van der Waals surface area contributed by atoms with Gasteiger partial charge < -0.3 is 5.32 Å². The SMILES string of the molecule is CNCC1CCN(C(C)c2ccc(Br)cc2)C1.Cl. The lowest BCUT2D eigenvalue weighted by Gasteiger charge is -2.24. The van der Waals surface area contributed by atoms with E-state index in [9.17, 15) is 0 Å². The standard InChI is InChI=1S/C14H21BrN2.ClH/c1-11(13-3-5-14(15)6-4-13)17-8-7-12(10-17)9-16-2;/h3-6,11-12,16H,7-10H2,1-2H3;1H. The molecule has 1 aliphatic heterocycles.